The molecule has 1 aliphatic carbocycles. The van der Waals surface area contributed by atoms with Crippen LogP contribution in [0.2, 0.25) is 0 Å². The molecular formula is C19H38N2O. The number of hydrogen-bond acceptors (Lipinski definition) is 3. The van der Waals surface area contributed by atoms with E-state index in [1.54, 1.807) is 0 Å². The van der Waals surface area contributed by atoms with E-state index in [4.69, 9.17) is 4.74 Å². The lowest BCUT2D eigenvalue weighted by Crippen LogP contribution is -2.47. The van der Waals surface area contributed by atoms with Crippen molar-refractivity contribution in [3.63, 3.8) is 0 Å². The van der Waals surface area contributed by atoms with Crippen LogP contribution in [0.3, 0.4) is 0 Å². The van der Waals surface area contributed by atoms with Crippen LogP contribution in [0, 0.1) is 11.8 Å². The zero-order valence-corrected chi connectivity index (χ0v) is 15.4. The highest BCUT2D eigenvalue weighted by atomic mass is 16.5. The second-order valence-corrected chi connectivity index (χ2v) is 8.03. The average molecular weight is 311 g/mol. The summed E-state index contributed by atoms with van der Waals surface area (Å²) in [6.45, 7) is 13.0. The van der Waals surface area contributed by atoms with Gasteiger partial charge in [-0.05, 0) is 77.0 Å². The van der Waals surface area contributed by atoms with Gasteiger partial charge in [-0.15, -0.1) is 0 Å². The molecule has 1 aliphatic heterocycles. The van der Waals surface area contributed by atoms with Crippen molar-refractivity contribution >= 4 is 0 Å². The van der Waals surface area contributed by atoms with E-state index in [0.717, 1.165) is 24.5 Å². The highest BCUT2D eigenvalue weighted by Gasteiger charge is 2.32. The Balaban J connectivity index is 1.49. The Kier molecular flexibility index (Phi) is 7.66. The fraction of sp³-hybridized carbons (Fsp3) is 1.00. The first-order chi connectivity index (χ1) is 10.6. The van der Waals surface area contributed by atoms with Crippen LogP contribution in [-0.2, 0) is 4.74 Å². The van der Waals surface area contributed by atoms with Crippen LogP contribution in [0.1, 0.15) is 59.3 Å². The van der Waals surface area contributed by atoms with E-state index >= 15 is 0 Å². The van der Waals surface area contributed by atoms with Crippen molar-refractivity contribution in [1.82, 2.24) is 9.80 Å². The first-order valence-electron chi connectivity index (χ1n) is 9.62. The van der Waals surface area contributed by atoms with Crippen LogP contribution in [0.5, 0.6) is 0 Å². The Bertz CT molecular complexity index is 294. The van der Waals surface area contributed by atoms with Gasteiger partial charge in [-0.2, -0.15) is 0 Å². The van der Waals surface area contributed by atoms with Crippen molar-refractivity contribution in [2.75, 3.05) is 39.8 Å². The van der Waals surface area contributed by atoms with Crippen molar-refractivity contribution in [3.05, 3.63) is 0 Å². The summed E-state index contributed by atoms with van der Waals surface area (Å²) in [6.07, 6.45) is 8.38. The van der Waals surface area contributed by atoms with Crippen LogP contribution < -0.4 is 0 Å². The van der Waals surface area contributed by atoms with Crippen LogP contribution >= 0.6 is 0 Å². The van der Waals surface area contributed by atoms with Crippen molar-refractivity contribution in [2.24, 2.45) is 11.8 Å². The molecule has 0 spiro atoms. The largest absolute Gasteiger partial charge is 0.378 e. The molecule has 3 nitrogen and oxygen atoms in total. The maximum Gasteiger partial charge on any atom is 0.0605 e. The second-order valence-electron chi connectivity index (χ2n) is 8.03. The minimum Gasteiger partial charge on any atom is -0.378 e. The molecule has 0 aromatic carbocycles. The van der Waals surface area contributed by atoms with Gasteiger partial charge in [0.15, 0.2) is 0 Å². The quantitative estimate of drug-likeness (QED) is 0.647. The third-order valence-electron chi connectivity index (χ3n) is 5.47. The molecule has 1 saturated heterocycles. The zero-order valence-electron chi connectivity index (χ0n) is 15.4. The predicted molar refractivity (Wildman–Crippen MR) is 94.3 cm³/mol. The molecule has 2 aliphatic rings. The van der Waals surface area contributed by atoms with E-state index in [2.05, 4.69) is 37.6 Å². The molecule has 0 aromatic rings. The van der Waals surface area contributed by atoms with Gasteiger partial charge in [-0.25, -0.2) is 0 Å². The second kappa shape index (κ2) is 9.24. The van der Waals surface area contributed by atoms with Gasteiger partial charge in [0.1, 0.15) is 0 Å². The van der Waals surface area contributed by atoms with Crippen LogP contribution in [-0.4, -0.2) is 61.8 Å². The third-order valence-corrected chi connectivity index (χ3v) is 5.47. The van der Waals surface area contributed by atoms with Gasteiger partial charge < -0.3 is 14.5 Å². The average Bonchev–Trinajstić information content (AvgIpc) is 2.42. The van der Waals surface area contributed by atoms with Crippen LogP contribution in [0.25, 0.3) is 0 Å². The molecule has 2 rings (SSSR count). The highest BCUT2D eigenvalue weighted by Crippen LogP contribution is 2.29. The van der Waals surface area contributed by atoms with E-state index in [-0.39, 0.29) is 0 Å². The summed E-state index contributed by atoms with van der Waals surface area (Å²) < 4.78 is 6.10. The molecule has 0 unspecified atom stereocenters. The number of ether oxygens (including phenoxy) is 1. The summed E-state index contributed by atoms with van der Waals surface area (Å²) in [5, 5.41) is 0. The van der Waals surface area contributed by atoms with Crippen molar-refractivity contribution in [3.8, 4) is 0 Å². The van der Waals surface area contributed by atoms with E-state index in [1.807, 2.05) is 0 Å². The van der Waals surface area contributed by atoms with Gasteiger partial charge in [0.05, 0.1) is 6.10 Å². The maximum atomic E-state index is 6.10. The summed E-state index contributed by atoms with van der Waals surface area (Å²) in [5.41, 5.74) is 0. The maximum absolute atomic E-state index is 6.10. The van der Waals surface area contributed by atoms with Gasteiger partial charge in [0.25, 0.3) is 0 Å². The Hall–Kier alpha value is -0.120. The van der Waals surface area contributed by atoms with E-state index in [9.17, 15) is 0 Å². The van der Waals surface area contributed by atoms with Gasteiger partial charge in [0.2, 0.25) is 0 Å². The molecule has 0 N–H and O–H groups in total. The van der Waals surface area contributed by atoms with E-state index in [0.29, 0.717) is 6.10 Å². The van der Waals surface area contributed by atoms with Gasteiger partial charge in [-0.1, -0.05) is 20.8 Å². The fourth-order valence-corrected chi connectivity index (χ4v) is 3.98. The Labute approximate surface area is 138 Å². The Morgan fingerprint density at radius 1 is 1.18 bits per heavy atom. The molecule has 0 bridgehead atoms. The molecule has 0 radical (unpaired) electrons. The lowest BCUT2D eigenvalue weighted by molar-refractivity contribution is -0.0520. The predicted octanol–water partition coefficient (Wildman–Crippen LogP) is 3.63. The van der Waals surface area contributed by atoms with Crippen molar-refractivity contribution in [1.29, 1.82) is 0 Å². The molecule has 1 heterocycles. The van der Waals surface area contributed by atoms with Crippen LogP contribution in [0.15, 0.2) is 0 Å². The Morgan fingerprint density at radius 3 is 2.45 bits per heavy atom. The lowest BCUT2D eigenvalue weighted by Gasteiger charge is -2.42. The minimum absolute atomic E-state index is 0.541. The fourth-order valence-electron chi connectivity index (χ4n) is 3.98. The molecule has 130 valence electrons. The van der Waals surface area contributed by atoms with Crippen molar-refractivity contribution < 1.29 is 4.74 Å². The number of nitrogens with zero attached hydrogens (tertiary/aromatic N) is 2. The summed E-state index contributed by atoms with van der Waals surface area (Å²) in [6, 6.07) is 0.768. The van der Waals surface area contributed by atoms with Gasteiger partial charge in [0, 0.05) is 19.2 Å². The summed E-state index contributed by atoms with van der Waals surface area (Å²) >= 11 is 0. The smallest absolute Gasteiger partial charge is 0.0605 e. The first kappa shape index (κ1) is 18.2. The van der Waals surface area contributed by atoms with Gasteiger partial charge >= 0.3 is 0 Å². The molecule has 0 aromatic heterocycles. The van der Waals surface area contributed by atoms with Gasteiger partial charge in [-0.3, -0.25) is 0 Å². The minimum atomic E-state index is 0.541. The summed E-state index contributed by atoms with van der Waals surface area (Å²) in [5.74, 6) is 1.68. The SMILES string of the molecule is CCCN1CCC(CCOC2CC(N(C)CC(C)C)C2)CC1. The first-order valence-corrected chi connectivity index (χ1v) is 9.62. The standard InChI is InChI=1S/C19H38N2O/c1-5-9-21-10-6-17(7-11-21)8-12-22-19-13-18(14-19)20(4)15-16(2)3/h16-19H,5-15H2,1-4H3. The molecule has 0 atom stereocenters. The number of rotatable bonds is 9. The van der Waals surface area contributed by atoms with Crippen molar-refractivity contribution in [2.45, 2.75) is 71.4 Å². The molecule has 1 saturated carbocycles. The molecule has 3 heteroatoms. The third kappa shape index (κ3) is 5.82. The molecule has 2 fully saturated rings. The monoisotopic (exact) mass is 310 g/mol. The molecule has 0 amide bonds. The zero-order chi connectivity index (χ0) is 15.9. The van der Waals surface area contributed by atoms with Crippen LogP contribution in [0.4, 0.5) is 0 Å². The number of piperidine rings is 1. The summed E-state index contributed by atoms with van der Waals surface area (Å²) in [7, 11) is 2.27. The molecular weight excluding hydrogens is 272 g/mol. The summed E-state index contributed by atoms with van der Waals surface area (Å²) in [4.78, 5) is 5.15. The van der Waals surface area contributed by atoms with E-state index < -0.39 is 0 Å². The number of likely N-dealkylation sites (tertiary alicyclic amines) is 1. The lowest BCUT2D eigenvalue weighted by atomic mass is 9.87. The normalized spacial score (nSPS) is 27.5. The van der Waals surface area contributed by atoms with E-state index in [1.165, 1.54) is 64.7 Å². The number of hydrogen-bond donors (Lipinski definition) is 0. The topological polar surface area (TPSA) is 15.7 Å². The molecule has 22 heavy (non-hydrogen) atoms. The highest BCUT2D eigenvalue weighted by molar-refractivity contribution is 4.87. The Morgan fingerprint density at radius 2 is 1.86 bits per heavy atom.